The molecule has 3 rings (SSSR count). The average Bonchev–Trinajstić information content (AvgIpc) is 3.30. The molecule has 1 aromatic rings. The second-order valence-corrected chi connectivity index (χ2v) is 8.63. The summed E-state index contributed by atoms with van der Waals surface area (Å²) in [4.78, 5) is 49.4. The number of benzene rings is 1. The van der Waals surface area contributed by atoms with E-state index < -0.39 is 45.2 Å². The molecule has 0 spiro atoms. The number of hydrogen-bond acceptors (Lipinski definition) is 9. The minimum atomic E-state index is -3.84. The number of imide groups is 1. The first-order valence-electron chi connectivity index (χ1n) is 9.19. The zero-order valence-corrected chi connectivity index (χ0v) is 17.2. The first-order valence-corrected chi connectivity index (χ1v) is 11.0. The summed E-state index contributed by atoms with van der Waals surface area (Å²) in [6.45, 7) is -0.0589. The molecule has 1 N–H and O–H groups in total. The molecule has 2 saturated heterocycles. The molecule has 4 amide bonds. The Labute approximate surface area is 177 Å². The molecule has 0 radical (unpaired) electrons. The molecule has 0 saturated carbocycles. The lowest BCUT2D eigenvalue weighted by Crippen LogP contribution is -2.48. The molecule has 1 aromatic carbocycles. The fraction of sp³-hybridized carbons (Fsp3) is 0.471. The lowest BCUT2D eigenvalue weighted by Gasteiger charge is -2.25. The second-order valence-electron chi connectivity index (χ2n) is 7.03. The maximum absolute atomic E-state index is 12.8. The maximum atomic E-state index is 12.8. The van der Waals surface area contributed by atoms with Crippen molar-refractivity contribution < 1.29 is 36.6 Å². The van der Waals surface area contributed by atoms with Crippen molar-refractivity contribution in [3.05, 3.63) is 39.9 Å². The maximum Gasteiger partial charge on any atom is 0.410 e. The number of nitrogens with zero attached hydrogens (tertiary/aromatic N) is 3. The van der Waals surface area contributed by atoms with Crippen LogP contribution in [0, 0.1) is 10.1 Å². The number of rotatable bonds is 6. The number of likely N-dealkylation sites (tertiary alicyclic amines) is 1. The summed E-state index contributed by atoms with van der Waals surface area (Å²) < 4.78 is 33.1. The highest BCUT2D eigenvalue weighted by atomic mass is 32.2. The van der Waals surface area contributed by atoms with Crippen LogP contribution in [0.25, 0.3) is 0 Å². The Hall–Kier alpha value is -3.26. The van der Waals surface area contributed by atoms with Gasteiger partial charge in [0.25, 0.3) is 21.7 Å². The summed E-state index contributed by atoms with van der Waals surface area (Å²) in [5.74, 6) is -0.665. The van der Waals surface area contributed by atoms with Gasteiger partial charge >= 0.3 is 12.1 Å². The van der Waals surface area contributed by atoms with Crippen LogP contribution in [0.3, 0.4) is 0 Å². The van der Waals surface area contributed by atoms with Crippen LogP contribution in [0.15, 0.2) is 24.3 Å². The van der Waals surface area contributed by atoms with Gasteiger partial charge in [0.15, 0.2) is 0 Å². The molecular weight excluding hydrogens is 436 g/mol. The fourth-order valence-corrected chi connectivity index (χ4v) is 3.99. The summed E-state index contributed by atoms with van der Waals surface area (Å²) in [6, 6.07) is 3.61. The van der Waals surface area contributed by atoms with Crippen LogP contribution < -0.4 is 5.32 Å². The molecule has 2 heterocycles. The van der Waals surface area contributed by atoms with Gasteiger partial charge in [0.1, 0.15) is 12.6 Å². The Kier molecular flexibility index (Phi) is 6.40. The zero-order chi connectivity index (χ0) is 22.8. The number of non-ortho nitro benzene ring substituents is 1. The van der Waals surface area contributed by atoms with E-state index in [2.05, 4.69) is 5.32 Å². The topological polar surface area (TPSA) is 165 Å². The van der Waals surface area contributed by atoms with Crippen LogP contribution in [0.5, 0.6) is 0 Å². The van der Waals surface area contributed by atoms with Gasteiger partial charge in [0.05, 0.1) is 23.8 Å². The van der Waals surface area contributed by atoms with Gasteiger partial charge in [0.2, 0.25) is 0 Å². The summed E-state index contributed by atoms with van der Waals surface area (Å²) in [6.07, 6.45) is -1.15. The SMILES string of the molecule is CS(=O)(=O)O[C@@H]1C[C@@H](C(=O)N2CCNC2=O)N(C(=O)OCc2ccc([N+](=O)[O-])cc2)C1. The quantitative estimate of drug-likeness (QED) is 0.357. The van der Waals surface area contributed by atoms with Gasteiger partial charge in [-0.15, -0.1) is 0 Å². The van der Waals surface area contributed by atoms with E-state index in [1.54, 1.807) is 0 Å². The lowest BCUT2D eigenvalue weighted by molar-refractivity contribution is -0.384. The normalized spacial score (nSPS) is 21.1. The highest BCUT2D eigenvalue weighted by molar-refractivity contribution is 7.86. The van der Waals surface area contributed by atoms with Crippen molar-refractivity contribution in [2.45, 2.75) is 25.2 Å². The highest BCUT2D eigenvalue weighted by Gasteiger charge is 2.45. The van der Waals surface area contributed by atoms with Crippen molar-refractivity contribution >= 4 is 33.8 Å². The van der Waals surface area contributed by atoms with Gasteiger partial charge in [-0.2, -0.15) is 8.42 Å². The Morgan fingerprint density at radius 3 is 2.52 bits per heavy atom. The zero-order valence-electron chi connectivity index (χ0n) is 16.4. The van der Waals surface area contributed by atoms with Gasteiger partial charge in [0, 0.05) is 31.6 Å². The molecule has 31 heavy (non-hydrogen) atoms. The van der Waals surface area contributed by atoms with E-state index in [1.807, 2.05) is 0 Å². The van der Waals surface area contributed by atoms with Crippen LogP contribution in [0.4, 0.5) is 15.3 Å². The number of nitrogens with one attached hydrogen (secondary N) is 1. The third-order valence-electron chi connectivity index (χ3n) is 4.73. The third kappa shape index (κ3) is 5.46. The molecule has 168 valence electrons. The molecule has 14 heteroatoms. The first-order chi connectivity index (χ1) is 14.5. The van der Waals surface area contributed by atoms with Crippen LogP contribution in [-0.2, 0) is 30.4 Å². The largest absolute Gasteiger partial charge is 0.445 e. The number of ether oxygens (including phenoxy) is 1. The van der Waals surface area contributed by atoms with Crippen molar-refractivity contribution in [1.29, 1.82) is 0 Å². The molecule has 0 unspecified atom stereocenters. The molecule has 0 aromatic heterocycles. The standard InChI is InChI=1S/C17H20N4O9S/c1-31(27,28)30-13-8-14(15(22)19-7-6-18-16(19)23)20(9-13)17(24)29-10-11-2-4-12(5-3-11)21(25)26/h2-5,13-14H,6-10H2,1H3,(H,18,23)/t13-,14+/m1/s1. The summed E-state index contributed by atoms with van der Waals surface area (Å²) in [5.41, 5.74) is 0.355. The molecular formula is C17H20N4O9S. The van der Waals surface area contributed by atoms with Crippen LogP contribution in [0.1, 0.15) is 12.0 Å². The van der Waals surface area contributed by atoms with E-state index in [0.29, 0.717) is 5.56 Å². The number of carbonyl (C=O) groups is 3. The van der Waals surface area contributed by atoms with Crippen molar-refractivity contribution in [2.24, 2.45) is 0 Å². The monoisotopic (exact) mass is 456 g/mol. The van der Waals surface area contributed by atoms with E-state index in [0.717, 1.165) is 16.1 Å². The number of urea groups is 1. The summed E-state index contributed by atoms with van der Waals surface area (Å²) >= 11 is 0. The fourth-order valence-electron chi connectivity index (χ4n) is 3.35. The minimum absolute atomic E-state index is 0.120. The molecule has 13 nitrogen and oxygen atoms in total. The number of nitro benzene ring substituents is 1. The highest BCUT2D eigenvalue weighted by Crippen LogP contribution is 2.25. The van der Waals surface area contributed by atoms with Crippen molar-refractivity contribution in [3.8, 4) is 0 Å². The summed E-state index contributed by atoms with van der Waals surface area (Å²) in [7, 11) is -3.84. The number of nitro groups is 1. The first kappa shape index (κ1) is 22.4. The smallest absolute Gasteiger partial charge is 0.410 e. The predicted octanol–water partition coefficient (Wildman–Crippen LogP) is 0.202. The Morgan fingerprint density at radius 2 is 1.97 bits per heavy atom. The second kappa shape index (κ2) is 8.85. The summed E-state index contributed by atoms with van der Waals surface area (Å²) in [5, 5.41) is 13.2. The van der Waals surface area contributed by atoms with E-state index in [9.17, 15) is 32.9 Å². The van der Waals surface area contributed by atoms with Crippen molar-refractivity contribution in [3.63, 3.8) is 0 Å². The minimum Gasteiger partial charge on any atom is -0.445 e. The molecule has 2 aliphatic heterocycles. The van der Waals surface area contributed by atoms with Gasteiger partial charge in [-0.05, 0) is 17.7 Å². The Balaban J connectivity index is 1.71. The van der Waals surface area contributed by atoms with Gasteiger partial charge in [-0.25, -0.2) is 9.59 Å². The lowest BCUT2D eigenvalue weighted by atomic mass is 10.2. The van der Waals surface area contributed by atoms with E-state index in [1.165, 1.54) is 24.3 Å². The van der Waals surface area contributed by atoms with Crippen LogP contribution in [-0.4, -0.2) is 79.2 Å². The number of hydrogen-bond donors (Lipinski definition) is 1. The number of carbonyl (C=O) groups excluding carboxylic acids is 3. The van der Waals surface area contributed by atoms with Gasteiger partial charge < -0.3 is 10.1 Å². The van der Waals surface area contributed by atoms with E-state index >= 15 is 0 Å². The Morgan fingerprint density at radius 1 is 1.29 bits per heavy atom. The average molecular weight is 456 g/mol. The van der Waals surface area contributed by atoms with Gasteiger partial charge in [-0.1, -0.05) is 0 Å². The Bertz CT molecular complexity index is 995. The van der Waals surface area contributed by atoms with Gasteiger partial charge in [-0.3, -0.25) is 28.9 Å². The van der Waals surface area contributed by atoms with E-state index in [4.69, 9.17) is 8.92 Å². The molecule has 0 bridgehead atoms. The number of amides is 4. The van der Waals surface area contributed by atoms with Crippen LogP contribution in [0.2, 0.25) is 0 Å². The molecule has 2 fully saturated rings. The van der Waals surface area contributed by atoms with Crippen molar-refractivity contribution in [2.75, 3.05) is 25.9 Å². The molecule has 2 atom stereocenters. The van der Waals surface area contributed by atoms with Crippen molar-refractivity contribution in [1.82, 2.24) is 15.1 Å². The molecule has 0 aliphatic carbocycles. The predicted molar refractivity (Wildman–Crippen MR) is 103 cm³/mol. The van der Waals surface area contributed by atoms with Crippen LogP contribution >= 0.6 is 0 Å². The van der Waals surface area contributed by atoms with E-state index in [-0.39, 0.29) is 38.3 Å². The third-order valence-corrected chi connectivity index (χ3v) is 5.35. The molecule has 2 aliphatic rings.